The third kappa shape index (κ3) is 2.17. The highest BCUT2D eigenvalue weighted by molar-refractivity contribution is 5.94. The molecule has 4 heteroatoms. The van der Waals surface area contributed by atoms with Gasteiger partial charge in [-0.1, -0.05) is 6.07 Å². The molecule has 0 bridgehead atoms. The Hall–Kier alpha value is -1.81. The smallest absolute Gasteiger partial charge is 0.147 e. The summed E-state index contributed by atoms with van der Waals surface area (Å²) in [6.07, 6.45) is 1.76. The Balaban J connectivity index is 2.55. The SMILES string of the molecule is CCN(CC)c1ccc2ccnc(NN)c2c1. The first-order valence-electron chi connectivity index (χ1n) is 5.90. The van der Waals surface area contributed by atoms with Crippen LogP contribution >= 0.6 is 0 Å². The highest BCUT2D eigenvalue weighted by atomic mass is 15.2. The molecule has 90 valence electrons. The summed E-state index contributed by atoms with van der Waals surface area (Å²) in [6, 6.07) is 8.36. The fraction of sp³-hybridized carbons (Fsp3) is 0.308. The van der Waals surface area contributed by atoms with Crippen LogP contribution in [0.25, 0.3) is 10.8 Å². The molecule has 0 fully saturated rings. The molecule has 0 unspecified atom stereocenters. The molecule has 0 amide bonds. The quantitative estimate of drug-likeness (QED) is 0.625. The molecule has 0 aliphatic carbocycles. The second-order valence-corrected chi connectivity index (χ2v) is 3.88. The molecular weight excluding hydrogens is 212 g/mol. The average molecular weight is 230 g/mol. The Morgan fingerprint density at radius 1 is 1.24 bits per heavy atom. The number of fused-ring (bicyclic) bond motifs is 1. The zero-order valence-corrected chi connectivity index (χ0v) is 10.3. The number of nitrogens with zero attached hydrogens (tertiary/aromatic N) is 2. The summed E-state index contributed by atoms with van der Waals surface area (Å²) in [7, 11) is 0. The van der Waals surface area contributed by atoms with Crippen LogP contribution in [0.2, 0.25) is 0 Å². The largest absolute Gasteiger partial charge is 0.372 e. The van der Waals surface area contributed by atoms with Gasteiger partial charge in [-0.25, -0.2) is 10.8 Å². The van der Waals surface area contributed by atoms with Crippen LogP contribution in [0, 0.1) is 0 Å². The monoisotopic (exact) mass is 230 g/mol. The summed E-state index contributed by atoms with van der Waals surface area (Å²) >= 11 is 0. The van der Waals surface area contributed by atoms with Gasteiger partial charge >= 0.3 is 0 Å². The molecule has 2 aromatic rings. The molecule has 4 nitrogen and oxygen atoms in total. The predicted octanol–water partition coefficient (Wildman–Crippen LogP) is 2.37. The highest BCUT2D eigenvalue weighted by Crippen LogP contribution is 2.25. The number of nitrogen functional groups attached to an aromatic ring is 1. The van der Waals surface area contributed by atoms with E-state index in [0.717, 1.165) is 29.7 Å². The fourth-order valence-corrected chi connectivity index (χ4v) is 2.06. The summed E-state index contributed by atoms with van der Waals surface area (Å²) in [5.41, 5.74) is 3.84. The second kappa shape index (κ2) is 5.01. The van der Waals surface area contributed by atoms with Crippen LogP contribution in [-0.2, 0) is 0 Å². The molecule has 2 rings (SSSR count). The highest BCUT2D eigenvalue weighted by Gasteiger charge is 2.05. The van der Waals surface area contributed by atoms with E-state index in [9.17, 15) is 0 Å². The maximum atomic E-state index is 5.48. The number of rotatable bonds is 4. The van der Waals surface area contributed by atoms with Crippen LogP contribution in [0.1, 0.15) is 13.8 Å². The van der Waals surface area contributed by atoms with Crippen LogP contribution in [0.3, 0.4) is 0 Å². The molecule has 0 atom stereocenters. The minimum Gasteiger partial charge on any atom is -0.372 e. The van der Waals surface area contributed by atoms with E-state index in [2.05, 4.69) is 47.4 Å². The predicted molar refractivity (Wildman–Crippen MR) is 73.1 cm³/mol. The number of anilines is 2. The van der Waals surface area contributed by atoms with E-state index in [1.807, 2.05) is 6.07 Å². The molecule has 3 N–H and O–H groups in total. The van der Waals surface area contributed by atoms with E-state index in [4.69, 9.17) is 5.84 Å². The minimum absolute atomic E-state index is 0.719. The van der Waals surface area contributed by atoms with Gasteiger partial charge < -0.3 is 10.3 Å². The van der Waals surface area contributed by atoms with E-state index >= 15 is 0 Å². The molecule has 0 saturated carbocycles. The topological polar surface area (TPSA) is 54.2 Å². The van der Waals surface area contributed by atoms with Gasteiger partial charge in [-0.15, -0.1) is 0 Å². The molecule has 0 radical (unpaired) electrons. The number of hydrogen-bond donors (Lipinski definition) is 2. The first-order chi connectivity index (χ1) is 8.30. The third-order valence-electron chi connectivity index (χ3n) is 3.02. The van der Waals surface area contributed by atoms with Gasteiger partial charge in [0.1, 0.15) is 5.82 Å². The summed E-state index contributed by atoms with van der Waals surface area (Å²) < 4.78 is 0. The van der Waals surface area contributed by atoms with Crippen molar-refractivity contribution in [2.75, 3.05) is 23.4 Å². The number of nitrogens with one attached hydrogen (secondary N) is 1. The number of aromatic nitrogens is 1. The van der Waals surface area contributed by atoms with Gasteiger partial charge in [0.2, 0.25) is 0 Å². The lowest BCUT2D eigenvalue weighted by Gasteiger charge is -2.21. The van der Waals surface area contributed by atoms with E-state index in [1.54, 1.807) is 6.20 Å². The van der Waals surface area contributed by atoms with Crippen molar-refractivity contribution in [3.8, 4) is 0 Å². The van der Waals surface area contributed by atoms with Gasteiger partial charge in [0.25, 0.3) is 0 Å². The first kappa shape index (κ1) is 11.7. The molecule has 0 spiro atoms. The summed E-state index contributed by atoms with van der Waals surface area (Å²) in [5, 5.41) is 2.20. The Labute approximate surface area is 101 Å². The average Bonchev–Trinajstić information content (AvgIpc) is 2.39. The van der Waals surface area contributed by atoms with Crippen molar-refractivity contribution in [2.24, 2.45) is 5.84 Å². The second-order valence-electron chi connectivity index (χ2n) is 3.88. The van der Waals surface area contributed by atoms with Crippen molar-refractivity contribution in [1.82, 2.24) is 4.98 Å². The molecule has 17 heavy (non-hydrogen) atoms. The normalized spacial score (nSPS) is 10.5. The van der Waals surface area contributed by atoms with Gasteiger partial charge in [-0.05, 0) is 37.4 Å². The van der Waals surface area contributed by atoms with E-state index in [-0.39, 0.29) is 0 Å². The maximum Gasteiger partial charge on any atom is 0.147 e. The van der Waals surface area contributed by atoms with Gasteiger partial charge in [0, 0.05) is 30.4 Å². The van der Waals surface area contributed by atoms with E-state index < -0.39 is 0 Å². The molecule has 1 aromatic heterocycles. The van der Waals surface area contributed by atoms with Crippen LogP contribution in [0.15, 0.2) is 30.5 Å². The number of pyridine rings is 1. The van der Waals surface area contributed by atoms with Crippen LogP contribution in [-0.4, -0.2) is 18.1 Å². The van der Waals surface area contributed by atoms with Gasteiger partial charge in [-0.3, -0.25) is 0 Å². The van der Waals surface area contributed by atoms with Crippen molar-refractivity contribution < 1.29 is 0 Å². The molecule has 0 saturated heterocycles. The lowest BCUT2D eigenvalue weighted by Crippen LogP contribution is -2.21. The Morgan fingerprint density at radius 3 is 2.65 bits per heavy atom. The number of hydrazine groups is 1. The first-order valence-corrected chi connectivity index (χ1v) is 5.90. The van der Waals surface area contributed by atoms with Crippen LogP contribution in [0.4, 0.5) is 11.5 Å². The molecule has 0 aliphatic heterocycles. The van der Waals surface area contributed by atoms with E-state index in [0.29, 0.717) is 0 Å². The standard InChI is InChI=1S/C13H18N4/c1-3-17(4-2)11-6-5-10-7-8-15-13(16-14)12(10)9-11/h5-9H,3-4,14H2,1-2H3,(H,15,16). The van der Waals surface area contributed by atoms with Crippen molar-refractivity contribution in [3.05, 3.63) is 30.5 Å². The van der Waals surface area contributed by atoms with Crippen molar-refractivity contribution in [2.45, 2.75) is 13.8 Å². The van der Waals surface area contributed by atoms with Gasteiger partial charge in [0.15, 0.2) is 0 Å². The zero-order chi connectivity index (χ0) is 12.3. The molecular formula is C13H18N4. The van der Waals surface area contributed by atoms with Crippen LogP contribution in [0.5, 0.6) is 0 Å². The fourth-order valence-electron chi connectivity index (χ4n) is 2.06. The molecule has 0 aliphatic rings. The summed E-state index contributed by atoms with van der Waals surface area (Å²) in [6.45, 7) is 6.29. The Morgan fingerprint density at radius 2 is 2.00 bits per heavy atom. The van der Waals surface area contributed by atoms with Gasteiger partial charge in [0.05, 0.1) is 0 Å². The number of nitrogens with two attached hydrogens (primary N) is 1. The van der Waals surface area contributed by atoms with Crippen molar-refractivity contribution >= 4 is 22.3 Å². The lowest BCUT2D eigenvalue weighted by molar-refractivity contribution is 0.867. The van der Waals surface area contributed by atoms with Crippen LogP contribution < -0.4 is 16.2 Å². The molecule has 1 aromatic carbocycles. The van der Waals surface area contributed by atoms with Crippen molar-refractivity contribution in [3.63, 3.8) is 0 Å². The third-order valence-corrected chi connectivity index (χ3v) is 3.02. The Bertz CT molecular complexity index is 506. The maximum absolute atomic E-state index is 5.48. The van der Waals surface area contributed by atoms with Gasteiger partial charge in [-0.2, -0.15) is 0 Å². The Kier molecular flexibility index (Phi) is 3.44. The lowest BCUT2D eigenvalue weighted by atomic mass is 10.1. The summed E-state index contributed by atoms with van der Waals surface area (Å²) in [4.78, 5) is 6.52. The van der Waals surface area contributed by atoms with E-state index in [1.165, 1.54) is 5.69 Å². The minimum atomic E-state index is 0.719. The van der Waals surface area contributed by atoms with Crippen molar-refractivity contribution in [1.29, 1.82) is 0 Å². The zero-order valence-electron chi connectivity index (χ0n) is 10.3. The number of hydrogen-bond acceptors (Lipinski definition) is 4. The molecule has 1 heterocycles. The number of benzene rings is 1. The summed E-state index contributed by atoms with van der Waals surface area (Å²) in [5.74, 6) is 6.20.